The molecule has 142 valence electrons. The van der Waals surface area contributed by atoms with E-state index in [0.717, 1.165) is 29.8 Å². The van der Waals surface area contributed by atoms with Crippen molar-refractivity contribution in [2.75, 3.05) is 6.54 Å². The average molecular weight is 357 g/mol. The first-order valence-electron chi connectivity index (χ1n) is 10.1. The van der Waals surface area contributed by atoms with Crippen LogP contribution >= 0.6 is 0 Å². The number of aromatic hydroxyl groups is 1. The fraction of sp³-hybridized carbons (Fsp3) is 0.667. The maximum atomic E-state index is 12.9. The van der Waals surface area contributed by atoms with E-state index in [1.807, 2.05) is 6.07 Å². The van der Waals surface area contributed by atoms with E-state index < -0.39 is 0 Å². The molecule has 3 aliphatic heterocycles. The Kier molecular flexibility index (Phi) is 4.93. The molecule has 1 amide bonds. The second kappa shape index (κ2) is 7.20. The van der Waals surface area contributed by atoms with Gasteiger partial charge in [0.15, 0.2) is 0 Å². The summed E-state index contributed by atoms with van der Waals surface area (Å²) in [6.07, 6.45) is 6.00. The van der Waals surface area contributed by atoms with Crippen LogP contribution in [0.3, 0.4) is 0 Å². The fourth-order valence-electron chi connectivity index (χ4n) is 4.94. The normalized spacial score (nSPS) is 29.0. The number of rotatable bonds is 5. The molecular weight excluding hydrogens is 326 g/mol. The highest BCUT2D eigenvalue weighted by molar-refractivity contribution is 5.82. The Labute approximate surface area is 156 Å². The summed E-state index contributed by atoms with van der Waals surface area (Å²) in [7, 11) is 0. The molecule has 1 aromatic carbocycles. The Morgan fingerprint density at radius 3 is 2.58 bits per heavy atom. The molecule has 5 nitrogen and oxygen atoms in total. The monoisotopic (exact) mass is 357 g/mol. The number of fused-ring (bicyclic) bond motifs is 3. The Balaban J connectivity index is 1.38. The zero-order chi connectivity index (χ0) is 18.3. The van der Waals surface area contributed by atoms with E-state index in [1.165, 1.54) is 25.7 Å². The summed E-state index contributed by atoms with van der Waals surface area (Å²) in [5, 5.41) is 16.3. The fourth-order valence-corrected chi connectivity index (χ4v) is 4.94. The van der Waals surface area contributed by atoms with Crippen LogP contribution in [0.25, 0.3) is 0 Å². The molecule has 0 spiro atoms. The van der Waals surface area contributed by atoms with Crippen LogP contribution in [0.2, 0.25) is 0 Å². The number of hydrogen-bond acceptors (Lipinski definition) is 4. The molecule has 2 fully saturated rings. The molecule has 5 heteroatoms. The number of carbonyl (C=O) groups is 1. The lowest BCUT2D eigenvalue weighted by Gasteiger charge is -2.33. The molecule has 0 aromatic heterocycles. The Morgan fingerprint density at radius 1 is 1.23 bits per heavy atom. The van der Waals surface area contributed by atoms with Crippen LogP contribution in [0.15, 0.2) is 18.2 Å². The highest BCUT2D eigenvalue weighted by atomic mass is 16.3. The summed E-state index contributed by atoms with van der Waals surface area (Å²) in [4.78, 5) is 15.6. The number of benzene rings is 1. The number of amides is 1. The molecule has 0 radical (unpaired) electrons. The zero-order valence-electron chi connectivity index (χ0n) is 15.9. The summed E-state index contributed by atoms with van der Waals surface area (Å²) in [5.74, 6) is 0.814. The van der Waals surface area contributed by atoms with Crippen molar-refractivity contribution in [2.45, 2.75) is 76.7 Å². The second-order valence-electron chi connectivity index (χ2n) is 8.61. The molecule has 0 aliphatic carbocycles. The molecule has 2 bridgehead atoms. The Morgan fingerprint density at radius 2 is 1.92 bits per heavy atom. The van der Waals surface area contributed by atoms with Gasteiger partial charge in [0.2, 0.25) is 5.91 Å². The molecule has 26 heavy (non-hydrogen) atoms. The summed E-state index contributed by atoms with van der Waals surface area (Å²) in [6, 6.07) is 6.93. The molecule has 0 saturated carbocycles. The topological polar surface area (TPSA) is 64.6 Å². The van der Waals surface area contributed by atoms with Crippen molar-refractivity contribution in [1.29, 1.82) is 0 Å². The molecule has 0 unspecified atom stereocenters. The molecular formula is C21H31N3O2. The number of hydrogen-bond donors (Lipinski definition) is 3. The van der Waals surface area contributed by atoms with Gasteiger partial charge in [0.1, 0.15) is 5.75 Å². The van der Waals surface area contributed by atoms with Gasteiger partial charge >= 0.3 is 0 Å². The van der Waals surface area contributed by atoms with Gasteiger partial charge in [-0.1, -0.05) is 19.9 Å². The van der Waals surface area contributed by atoms with Gasteiger partial charge in [-0.25, -0.2) is 0 Å². The smallest absolute Gasteiger partial charge is 0.237 e. The lowest BCUT2D eigenvalue weighted by molar-refractivity contribution is -0.124. The molecule has 4 rings (SSSR count). The van der Waals surface area contributed by atoms with E-state index in [1.54, 1.807) is 12.1 Å². The van der Waals surface area contributed by atoms with Crippen molar-refractivity contribution in [3.05, 3.63) is 29.3 Å². The van der Waals surface area contributed by atoms with Gasteiger partial charge in [0.25, 0.3) is 0 Å². The standard InChI is InChI=1S/C21H31N3O2/c1-13(2)20(12-24-16-4-5-17(24)7-6-16)23-21(26)19-10-14-3-8-18(25)9-15(14)11-22-19/h3,8-9,13,16-17,19-20,22,25H,4-7,10-12H2,1-2H3,(H,23,26)/t16?,17?,19-,20-/m1/s1. The van der Waals surface area contributed by atoms with Crippen molar-refractivity contribution >= 4 is 5.91 Å². The predicted octanol–water partition coefficient (Wildman–Crippen LogP) is 2.17. The lowest BCUT2D eigenvalue weighted by Crippen LogP contribution is -2.54. The first-order chi connectivity index (χ1) is 12.5. The van der Waals surface area contributed by atoms with E-state index in [0.29, 0.717) is 18.9 Å². The van der Waals surface area contributed by atoms with Crippen LogP contribution in [0.1, 0.15) is 50.7 Å². The van der Waals surface area contributed by atoms with Gasteiger partial charge in [0, 0.05) is 31.2 Å². The molecule has 3 aliphatic rings. The third-order valence-corrected chi connectivity index (χ3v) is 6.61. The Bertz CT molecular complexity index is 655. The Hall–Kier alpha value is -1.59. The van der Waals surface area contributed by atoms with E-state index in [9.17, 15) is 9.90 Å². The number of nitrogens with zero attached hydrogens (tertiary/aromatic N) is 1. The molecule has 1 aromatic rings. The van der Waals surface area contributed by atoms with Gasteiger partial charge in [-0.05, 0) is 61.3 Å². The molecule has 3 N–H and O–H groups in total. The summed E-state index contributed by atoms with van der Waals surface area (Å²) in [5.41, 5.74) is 2.24. The minimum atomic E-state index is -0.191. The third kappa shape index (κ3) is 3.47. The van der Waals surface area contributed by atoms with E-state index in [4.69, 9.17) is 0 Å². The average Bonchev–Trinajstić information content (AvgIpc) is 3.19. The predicted molar refractivity (Wildman–Crippen MR) is 102 cm³/mol. The van der Waals surface area contributed by atoms with E-state index in [-0.39, 0.29) is 23.7 Å². The van der Waals surface area contributed by atoms with Crippen LogP contribution in [-0.4, -0.2) is 46.6 Å². The SMILES string of the molecule is CC(C)[C@@H](CN1C2CCC1CC2)NC(=O)[C@H]1Cc2ccc(O)cc2CN1. The number of carbonyl (C=O) groups excluding carboxylic acids is 1. The molecule has 2 atom stereocenters. The maximum Gasteiger partial charge on any atom is 0.237 e. The van der Waals surface area contributed by atoms with Crippen molar-refractivity contribution in [2.24, 2.45) is 5.92 Å². The first kappa shape index (κ1) is 17.8. The van der Waals surface area contributed by atoms with E-state index >= 15 is 0 Å². The van der Waals surface area contributed by atoms with Crippen molar-refractivity contribution < 1.29 is 9.90 Å². The second-order valence-corrected chi connectivity index (χ2v) is 8.61. The summed E-state index contributed by atoms with van der Waals surface area (Å²) < 4.78 is 0. The molecule has 2 saturated heterocycles. The van der Waals surface area contributed by atoms with Gasteiger partial charge in [-0.15, -0.1) is 0 Å². The van der Waals surface area contributed by atoms with Gasteiger partial charge in [-0.2, -0.15) is 0 Å². The van der Waals surface area contributed by atoms with Gasteiger partial charge < -0.3 is 15.7 Å². The van der Waals surface area contributed by atoms with Crippen LogP contribution in [0, 0.1) is 5.92 Å². The van der Waals surface area contributed by atoms with Gasteiger partial charge in [-0.3, -0.25) is 9.69 Å². The van der Waals surface area contributed by atoms with Crippen molar-refractivity contribution in [3.63, 3.8) is 0 Å². The van der Waals surface area contributed by atoms with Crippen LogP contribution in [0.4, 0.5) is 0 Å². The van der Waals surface area contributed by atoms with Crippen LogP contribution in [0.5, 0.6) is 5.75 Å². The van der Waals surface area contributed by atoms with Crippen LogP contribution in [-0.2, 0) is 17.8 Å². The number of phenolic OH excluding ortho intramolecular Hbond substituents is 1. The maximum absolute atomic E-state index is 12.9. The van der Waals surface area contributed by atoms with Crippen LogP contribution < -0.4 is 10.6 Å². The summed E-state index contributed by atoms with van der Waals surface area (Å²) >= 11 is 0. The highest BCUT2D eigenvalue weighted by Crippen LogP contribution is 2.37. The minimum absolute atomic E-state index is 0.106. The summed E-state index contributed by atoms with van der Waals surface area (Å²) in [6.45, 7) is 6.02. The largest absolute Gasteiger partial charge is 0.508 e. The number of phenols is 1. The number of nitrogens with one attached hydrogen (secondary N) is 2. The van der Waals surface area contributed by atoms with E-state index in [2.05, 4.69) is 29.4 Å². The van der Waals surface area contributed by atoms with Crippen molar-refractivity contribution in [3.8, 4) is 5.75 Å². The zero-order valence-corrected chi connectivity index (χ0v) is 15.9. The molecule has 3 heterocycles. The lowest BCUT2D eigenvalue weighted by atomic mass is 9.94. The van der Waals surface area contributed by atoms with Crippen molar-refractivity contribution in [1.82, 2.24) is 15.5 Å². The highest BCUT2D eigenvalue weighted by Gasteiger charge is 2.40. The quantitative estimate of drug-likeness (QED) is 0.756. The third-order valence-electron chi connectivity index (χ3n) is 6.61. The van der Waals surface area contributed by atoms with Gasteiger partial charge in [0.05, 0.1) is 6.04 Å². The first-order valence-corrected chi connectivity index (χ1v) is 10.1. The minimum Gasteiger partial charge on any atom is -0.508 e.